The van der Waals surface area contributed by atoms with E-state index in [4.69, 9.17) is 9.97 Å². The van der Waals surface area contributed by atoms with Gasteiger partial charge in [0.05, 0.1) is 10.6 Å². The fourth-order valence-electron chi connectivity index (χ4n) is 3.73. The zero-order valence-corrected chi connectivity index (χ0v) is 17.4. The third-order valence-corrected chi connectivity index (χ3v) is 6.45. The monoisotopic (exact) mass is 383 g/mol. The number of anilines is 3. The zero-order chi connectivity index (χ0) is 18.9. The maximum Gasteiger partial charge on any atom is 0.227 e. The van der Waals surface area contributed by atoms with E-state index >= 15 is 0 Å². The Balaban J connectivity index is 1.53. The summed E-state index contributed by atoms with van der Waals surface area (Å²) in [6, 6.07) is 10.7. The molecule has 1 saturated heterocycles. The van der Waals surface area contributed by atoms with Gasteiger partial charge in [-0.2, -0.15) is 4.98 Å². The second-order valence-electron chi connectivity index (χ2n) is 7.92. The van der Waals surface area contributed by atoms with Crippen molar-refractivity contribution >= 4 is 29.2 Å². The van der Waals surface area contributed by atoms with Gasteiger partial charge in [0.2, 0.25) is 5.95 Å². The van der Waals surface area contributed by atoms with Crippen LogP contribution in [0.3, 0.4) is 0 Å². The van der Waals surface area contributed by atoms with E-state index in [1.807, 2.05) is 11.8 Å². The first-order chi connectivity index (χ1) is 13.1. The van der Waals surface area contributed by atoms with Crippen LogP contribution in [0.1, 0.15) is 32.9 Å². The van der Waals surface area contributed by atoms with Crippen molar-refractivity contribution in [3.63, 3.8) is 0 Å². The molecule has 0 unspecified atom stereocenters. The van der Waals surface area contributed by atoms with Crippen LogP contribution in [0.2, 0.25) is 0 Å². The second kappa shape index (κ2) is 7.58. The standard InChI is InChI=1S/C21H29N5S/c1-4-10-22-19-18-17(15-21(2,3)27-18)23-20(24-19)26-13-11-25(12-14-26)16-8-6-5-7-9-16/h5-9H,4,10-15H2,1-3H3,(H,22,23,24). The highest BCUT2D eigenvalue weighted by Gasteiger charge is 2.34. The third-order valence-electron chi connectivity index (χ3n) is 5.12. The molecule has 0 aliphatic carbocycles. The predicted molar refractivity (Wildman–Crippen MR) is 115 cm³/mol. The number of benzene rings is 1. The molecule has 144 valence electrons. The minimum absolute atomic E-state index is 0.199. The summed E-state index contributed by atoms with van der Waals surface area (Å²) in [5.74, 6) is 1.91. The molecule has 2 aliphatic heterocycles. The lowest BCUT2D eigenvalue weighted by molar-refractivity contribution is 0.634. The van der Waals surface area contributed by atoms with Gasteiger partial charge in [-0.15, -0.1) is 11.8 Å². The molecule has 2 aromatic rings. The number of para-hydroxylation sites is 1. The van der Waals surface area contributed by atoms with E-state index in [0.717, 1.165) is 57.3 Å². The van der Waals surface area contributed by atoms with Crippen LogP contribution in [-0.2, 0) is 6.42 Å². The summed E-state index contributed by atoms with van der Waals surface area (Å²) >= 11 is 1.91. The van der Waals surface area contributed by atoms with Crippen molar-refractivity contribution in [3.05, 3.63) is 36.0 Å². The molecule has 0 atom stereocenters. The van der Waals surface area contributed by atoms with E-state index < -0.39 is 0 Å². The minimum atomic E-state index is 0.199. The number of nitrogens with zero attached hydrogens (tertiary/aromatic N) is 4. The third kappa shape index (κ3) is 4.00. The number of thioether (sulfide) groups is 1. The van der Waals surface area contributed by atoms with Crippen molar-refractivity contribution < 1.29 is 0 Å². The quantitative estimate of drug-likeness (QED) is 0.840. The number of aromatic nitrogens is 2. The Morgan fingerprint density at radius 3 is 2.44 bits per heavy atom. The maximum atomic E-state index is 4.97. The summed E-state index contributed by atoms with van der Waals surface area (Å²) < 4.78 is 0.199. The lowest BCUT2D eigenvalue weighted by Gasteiger charge is -2.36. The van der Waals surface area contributed by atoms with Crippen LogP contribution in [-0.4, -0.2) is 47.4 Å². The molecule has 0 saturated carbocycles. The van der Waals surface area contributed by atoms with Crippen molar-refractivity contribution in [2.75, 3.05) is 47.8 Å². The highest BCUT2D eigenvalue weighted by molar-refractivity contribution is 8.01. The molecule has 0 spiro atoms. The maximum absolute atomic E-state index is 4.97. The Labute approximate surface area is 166 Å². The Morgan fingerprint density at radius 2 is 1.74 bits per heavy atom. The van der Waals surface area contributed by atoms with Crippen LogP contribution in [0.25, 0.3) is 0 Å². The van der Waals surface area contributed by atoms with Crippen LogP contribution < -0.4 is 15.1 Å². The molecule has 1 aromatic heterocycles. The molecule has 1 aromatic carbocycles. The van der Waals surface area contributed by atoms with E-state index in [1.165, 1.54) is 16.3 Å². The topological polar surface area (TPSA) is 44.3 Å². The Hall–Kier alpha value is -1.95. The molecule has 6 heteroatoms. The molecule has 0 amide bonds. The summed E-state index contributed by atoms with van der Waals surface area (Å²) in [5, 5.41) is 3.54. The average Bonchev–Trinajstić information content (AvgIpc) is 3.01. The number of rotatable bonds is 5. The smallest absolute Gasteiger partial charge is 0.227 e. The van der Waals surface area contributed by atoms with Gasteiger partial charge in [0.15, 0.2) is 0 Å². The molecule has 1 N–H and O–H groups in total. The molecular weight excluding hydrogens is 354 g/mol. The lowest BCUT2D eigenvalue weighted by Crippen LogP contribution is -2.47. The zero-order valence-electron chi connectivity index (χ0n) is 16.5. The molecule has 0 radical (unpaired) electrons. The Kier molecular flexibility index (Phi) is 5.17. The summed E-state index contributed by atoms with van der Waals surface area (Å²) in [6.45, 7) is 11.6. The first-order valence-corrected chi connectivity index (χ1v) is 10.8. The molecule has 27 heavy (non-hydrogen) atoms. The van der Waals surface area contributed by atoms with E-state index in [0.29, 0.717) is 0 Å². The Morgan fingerprint density at radius 1 is 1.04 bits per heavy atom. The first kappa shape index (κ1) is 18.4. The van der Waals surface area contributed by atoms with Crippen LogP contribution in [0.15, 0.2) is 35.2 Å². The second-order valence-corrected chi connectivity index (χ2v) is 9.64. The van der Waals surface area contributed by atoms with E-state index in [2.05, 4.69) is 66.2 Å². The predicted octanol–water partition coefficient (Wildman–Crippen LogP) is 4.05. The number of hydrogen-bond donors (Lipinski definition) is 1. The van der Waals surface area contributed by atoms with Crippen molar-refractivity contribution in [1.82, 2.24) is 9.97 Å². The minimum Gasteiger partial charge on any atom is -0.369 e. The van der Waals surface area contributed by atoms with Gasteiger partial charge in [0.1, 0.15) is 5.82 Å². The molecule has 4 rings (SSSR count). The van der Waals surface area contributed by atoms with Crippen LogP contribution in [0.4, 0.5) is 17.5 Å². The van der Waals surface area contributed by atoms with Gasteiger partial charge < -0.3 is 15.1 Å². The van der Waals surface area contributed by atoms with Crippen molar-refractivity contribution in [2.45, 2.75) is 43.3 Å². The van der Waals surface area contributed by atoms with E-state index in [1.54, 1.807) is 0 Å². The highest BCUT2D eigenvalue weighted by Crippen LogP contribution is 2.47. The number of hydrogen-bond acceptors (Lipinski definition) is 6. The highest BCUT2D eigenvalue weighted by atomic mass is 32.2. The van der Waals surface area contributed by atoms with Gasteiger partial charge in [-0.1, -0.05) is 25.1 Å². The van der Waals surface area contributed by atoms with Gasteiger partial charge >= 0.3 is 0 Å². The number of nitrogens with one attached hydrogen (secondary N) is 1. The van der Waals surface area contributed by atoms with Crippen molar-refractivity contribution in [3.8, 4) is 0 Å². The molecule has 0 bridgehead atoms. The van der Waals surface area contributed by atoms with E-state index in [9.17, 15) is 0 Å². The van der Waals surface area contributed by atoms with Gasteiger partial charge in [-0.3, -0.25) is 0 Å². The average molecular weight is 384 g/mol. The fraction of sp³-hybridized carbons (Fsp3) is 0.524. The number of fused-ring (bicyclic) bond motifs is 1. The summed E-state index contributed by atoms with van der Waals surface area (Å²) in [7, 11) is 0. The molecule has 1 fully saturated rings. The summed E-state index contributed by atoms with van der Waals surface area (Å²) in [5.41, 5.74) is 2.51. The van der Waals surface area contributed by atoms with Crippen LogP contribution in [0.5, 0.6) is 0 Å². The van der Waals surface area contributed by atoms with Crippen molar-refractivity contribution in [1.29, 1.82) is 0 Å². The molecular formula is C21H29N5S. The van der Waals surface area contributed by atoms with Gasteiger partial charge in [-0.05, 0) is 32.4 Å². The SMILES string of the molecule is CCCNc1nc(N2CCN(c3ccccc3)CC2)nc2c1SC(C)(C)C2. The first-order valence-electron chi connectivity index (χ1n) is 9.94. The normalized spacial score (nSPS) is 18.5. The molecule has 5 nitrogen and oxygen atoms in total. The Bertz CT molecular complexity index is 785. The van der Waals surface area contributed by atoms with Crippen LogP contribution in [0, 0.1) is 0 Å². The summed E-state index contributed by atoms with van der Waals surface area (Å²) in [6.07, 6.45) is 2.10. The van der Waals surface area contributed by atoms with E-state index in [-0.39, 0.29) is 4.75 Å². The van der Waals surface area contributed by atoms with Gasteiger partial charge in [0, 0.05) is 49.6 Å². The fourth-order valence-corrected chi connectivity index (χ4v) is 4.95. The number of piperazine rings is 1. The largest absolute Gasteiger partial charge is 0.369 e. The van der Waals surface area contributed by atoms with Crippen molar-refractivity contribution in [2.24, 2.45) is 0 Å². The lowest BCUT2D eigenvalue weighted by atomic mass is 10.1. The summed E-state index contributed by atoms with van der Waals surface area (Å²) in [4.78, 5) is 15.9. The molecule has 2 aliphatic rings. The van der Waals surface area contributed by atoms with Gasteiger partial charge in [-0.25, -0.2) is 4.98 Å². The van der Waals surface area contributed by atoms with Gasteiger partial charge in [0.25, 0.3) is 0 Å². The van der Waals surface area contributed by atoms with Crippen LogP contribution >= 0.6 is 11.8 Å². The molecule has 3 heterocycles.